The molecular weight excluding hydrogens is 631 g/mol. The summed E-state index contributed by atoms with van der Waals surface area (Å²) in [5.74, 6) is 5.55. The lowest BCUT2D eigenvalue weighted by Gasteiger charge is -2.28. The predicted octanol–water partition coefficient (Wildman–Crippen LogP) is 10.7. The summed E-state index contributed by atoms with van der Waals surface area (Å²) in [7, 11) is 0. The van der Waals surface area contributed by atoms with Gasteiger partial charge in [-0.3, -0.25) is 9.59 Å². The first-order valence-corrected chi connectivity index (χ1v) is 16.3. The molecule has 2 aliphatic carbocycles. The minimum atomic E-state index is -1.39. The number of ketones is 2. The number of hydrogen-bond donors (Lipinski definition) is 0. The van der Waals surface area contributed by atoms with E-state index in [-0.39, 0.29) is 11.4 Å². The Labute approximate surface area is 288 Å². The first kappa shape index (κ1) is 29.7. The fourth-order valence-electron chi connectivity index (χ4n) is 6.94. The SMILES string of the molecule is O=C(C#CC1(C(=C=C2c3ccccc3-c3ccccc32)C(=O)c2ccccc2Cl)c2ccccc2-c2ccccc21)c1ccccc1Cl. The van der Waals surface area contributed by atoms with E-state index in [4.69, 9.17) is 23.2 Å². The Kier molecular flexibility index (Phi) is 7.33. The summed E-state index contributed by atoms with van der Waals surface area (Å²) in [6, 6.07) is 45.9. The number of carbonyl (C=O) groups excluding carboxylic acids is 2. The molecule has 4 heteroatoms. The average molecular weight is 656 g/mol. The van der Waals surface area contributed by atoms with Crippen LogP contribution in [0.25, 0.3) is 27.8 Å². The highest BCUT2D eigenvalue weighted by Crippen LogP contribution is 2.54. The molecule has 0 radical (unpaired) electrons. The van der Waals surface area contributed by atoms with Crippen LogP contribution in [-0.2, 0) is 5.41 Å². The van der Waals surface area contributed by atoms with Gasteiger partial charge in [-0.2, -0.15) is 0 Å². The van der Waals surface area contributed by atoms with Crippen molar-refractivity contribution < 1.29 is 9.59 Å². The van der Waals surface area contributed by atoms with Crippen molar-refractivity contribution in [3.63, 3.8) is 0 Å². The van der Waals surface area contributed by atoms with Crippen molar-refractivity contribution in [1.29, 1.82) is 0 Å². The van der Waals surface area contributed by atoms with Gasteiger partial charge in [0.1, 0.15) is 5.41 Å². The third kappa shape index (κ3) is 4.61. The molecule has 0 heterocycles. The van der Waals surface area contributed by atoms with Gasteiger partial charge in [-0.25, -0.2) is 0 Å². The first-order chi connectivity index (χ1) is 23.5. The van der Waals surface area contributed by atoms with Crippen LogP contribution in [0.3, 0.4) is 0 Å². The lowest BCUT2D eigenvalue weighted by atomic mass is 9.70. The summed E-state index contributed by atoms with van der Waals surface area (Å²) in [6.45, 7) is 0. The van der Waals surface area contributed by atoms with Gasteiger partial charge in [0.2, 0.25) is 5.78 Å². The second-order valence-corrected chi connectivity index (χ2v) is 12.5. The lowest BCUT2D eigenvalue weighted by Crippen LogP contribution is -2.31. The van der Waals surface area contributed by atoms with Crippen molar-refractivity contribution in [2.75, 3.05) is 0 Å². The van der Waals surface area contributed by atoms with E-state index < -0.39 is 11.2 Å². The van der Waals surface area contributed by atoms with Crippen LogP contribution in [0.15, 0.2) is 157 Å². The van der Waals surface area contributed by atoms with Gasteiger partial charge in [0.15, 0.2) is 5.78 Å². The molecule has 0 amide bonds. The number of fused-ring (bicyclic) bond motifs is 6. The van der Waals surface area contributed by atoms with Crippen molar-refractivity contribution in [2.24, 2.45) is 0 Å². The smallest absolute Gasteiger partial charge is 0.237 e. The van der Waals surface area contributed by atoms with Crippen LogP contribution >= 0.6 is 23.2 Å². The Morgan fingerprint density at radius 3 is 1.42 bits per heavy atom. The normalized spacial score (nSPS) is 12.8. The fourth-order valence-corrected chi connectivity index (χ4v) is 7.39. The van der Waals surface area contributed by atoms with Crippen LogP contribution in [0.4, 0.5) is 0 Å². The summed E-state index contributed by atoms with van der Waals surface area (Å²) < 4.78 is 0. The number of hydrogen-bond acceptors (Lipinski definition) is 2. The van der Waals surface area contributed by atoms with Crippen molar-refractivity contribution in [1.82, 2.24) is 0 Å². The second kappa shape index (κ2) is 11.8. The van der Waals surface area contributed by atoms with E-state index in [9.17, 15) is 4.79 Å². The molecule has 0 unspecified atom stereocenters. The van der Waals surface area contributed by atoms with Gasteiger partial charge in [-0.05, 0) is 74.7 Å². The number of halogens is 2. The molecule has 0 saturated heterocycles. The molecule has 8 rings (SSSR count). The summed E-state index contributed by atoms with van der Waals surface area (Å²) >= 11 is 13.2. The first-order valence-electron chi connectivity index (χ1n) is 15.5. The number of benzene rings is 6. The molecule has 2 aliphatic rings. The van der Waals surface area contributed by atoms with Gasteiger partial charge < -0.3 is 0 Å². The third-order valence-corrected chi connectivity index (χ3v) is 9.75. The lowest BCUT2D eigenvalue weighted by molar-refractivity contribution is 0.102. The van der Waals surface area contributed by atoms with Gasteiger partial charge >= 0.3 is 0 Å². The van der Waals surface area contributed by atoms with Crippen LogP contribution in [0.5, 0.6) is 0 Å². The van der Waals surface area contributed by atoms with E-state index in [1.54, 1.807) is 48.5 Å². The molecule has 0 fully saturated rings. The Morgan fingerprint density at radius 1 is 0.479 bits per heavy atom. The molecular formula is C44H24Cl2O2. The minimum Gasteiger partial charge on any atom is -0.288 e. The van der Waals surface area contributed by atoms with Crippen molar-refractivity contribution in [3.8, 4) is 34.1 Å². The van der Waals surface area contributed by atoms with Crippen LogP contribution in [0, 0.1) is 11.8 Å². The van der Waals surface area contributed by atoms with Crippen molar-refractivity contribution in [3.05, 3.63) is 200 Å². The highest BCUT2D eigenvalue weighted by atomic mass is 35.5. The van der Waals surface area contributed by atoms with Crippen molar-refractivity contribution in [2.45, 2.75) is 5.41 Å². The third-order valence-electron chi connectivity index (χ3n) is 9.09. The topological polar surface area (TPSA) is 34.1 Å². The van der Waals surface area contributed by atoms with Crippen LogP contribution in [-0.4, -0.2) is 11.6 Å². The number of carbonyl (C=O) groups is 2. The molecule has 0 aliphatic heterocycles. The zero-order valence-electron chi connectivity index (χ0n) is 25.4. The average Bonchev–Trinajstić information content (AvgIpc) is 3.60. The molecule has 0 N–H and O–H groups in total. The summed E-state index contributed by atoms with van der Waals surface area (Å²) in [5.41, 5.74) is 11.4. The highest BCUT2D eigenvalue weighted by Gasteiger charge is 2.48. The Hall–Kier alpha value is -5.68. The molecule has 0 spiro atoms. The minimum absolute atomic E-state index is 0.272. The molecule has 6 aromatic carbocycles. The van der Waals surface area contributed by atoms with Gasteiger partial charge in [0.25, 0.3) is 0 Å². The Morgan fingerprint density at radius 2 is 0.896 bits per heavy atom. The molecule has 0 aromatic heterocycles. The molecule has 48 heavy (non-hydrogen) atoms. The van der Waals surface area contributed by atoms with Crippen LogP contribution in [0.1, 0.15) is 43.0 Å². The van der Waals surface area contributed by atoms with Gasteiger partial charge in [-0.1, -0.05) is 150 Å². The molecule has 6 aromatic rings. The Balaban J connectivity index is 1.54. The number of Topliss-reactive ketones (excluding diaryl/α,β-unsaturated/α-hetero) is 2. The summed E-state index contributed by atoms with van der Waals surface area (Å²) in [6.07, 6.45) is 0. The van der Waals surface area contributed by atoms with Gasteiger partial charge in [-0.15, -0.1) is 5.73 Å². The van der Waals surface area contributed by atoms with E-state index in [0.717, 1.165) is 50.1 Å². The van der Waals surface area contributed by atoms with Crippen LogP contribution < -0.4 is 0 Å². The van der Waals surface area contributed by atoms with E-state index in [2.05, 4.69) is 29.7 Å². The zero-order chi connectivity index (χ0) is 32.8. The highest BCUT2D eigenvalue weighted by molar-refractivity contribution is 6.36. The largest absolute Gasteiger partial charge is 0.288 e. The summed E-state index contributed by atoms with van der Waals surface area (Å²) in [4.78, 5) is 29.0. The van der Waals surface area contributed by atoms with E-state index in [1.165, 1.54) is 0 Å². The maximum atomic E-state index is 15.2. The van der Waals surface area contributed by atoms with E-state index >= 15 is 4.79 Å². The Bertz CT molecular complexity index is 2380. The predicted molar refractivity (Wildman–Crippen MR) is 193 cm³/mol. The molecule has 0 atom stereocenters. The standard InChI is InChI=1S/C44H24Cl2O2/c45-40-23-11-7-19-34(40)42(47)25-26-44(37-21-9-5-17-32(37)33-18-6-10-22-38(33)44)39(43(48)35-20-8-12-24-41(35)46)27-36-30-15-3-1-13-28(30)29-14-2-4-16-31(29)36/h1-24H. The molecule has 0 saturated carbocycles. The quantitative estimate of drug-likeness (QED) is 0.0622. The number of rotatable bonds is 4. The van der Waals surface area contributed by atoms with Gasteiger partial charge in [0, 0.05) is 16.7 Å². The van der Waals surface area contributed by atoms with E-state index in [0.29, 0.717) is 21.2 Å². The maximum Gasteiger partial charge on any atom is 0.237 e. The van der Waals surface area contributed by atoms with Crippen LogP contribution in [0.2, 0.25) is 10.0 Å². The summed E-state index contributed by atoms with van der Waals surface area (Å²) in [5, 5.41) is 0.621. The van der Waals surface area contributed by atoms with Crippen molar-refractivity contribution >= 4 is 40.3 Å². The monoisotopic (exact) mass is 654 g/mol. The molecule has 0 bridgehead atoms. The van der Waals surface area contributed by atoms with E-state index in [1.807, 2.05) is 84.9 Å². The van der Waals surface area contributed by atoms with Gasteiger partial charge in [0.05, 0.1) is 15.6 Å². The zero-order valence-corrected chi connectivity index (χ0v) is 26.9. The fraction of sp³-hybridized carbons (Fsp3) is 0.0227. The molecule has 2 nitrogen and oxygen atoms in total. The second-order valence-electron chi connectivity index (χ2n) is 11.7. The number of allylic oxidation sites excluding steroid dienone is 1. The maximum absolute atomic E-state index is 15.2. The molecule has 226 valence electrons.